The van der Waals surface area contributed by atoms with Gasteiger partial charge in [-0.3, -0.25) is 14.4 Å². The zero-order valence-corrected chi connectivity index (χ0v) is 51.5. The molecule has 0 heterocycles. The van der Waals surface area contributed by atoms with Crippen molar-refractivity contribution in [2.75, 3.05) is 85.3 Å². The molecule has 0 aliphatic carbocycles. The summed E-state index contributed by atoms with van der Waals surface area (Å²) >= 11 is 28.4. The lowest BCUT2D eigenvalue weighted by molar-refractivity contribution is -0.142. The number of nitrogens with zero attached hydrogens (tertiary/aromatic N) is 2. The van der Waals surface area contributed by atoms with Crippen molar-refractivity contribution in [3.8, 4) is 0 Å². The predicted octanol–water partition coefficient (Wildman–Crippen LogP) is 10.7. The summed E-state index contributed by atoms with van der Waals surface area (Å²) in [6.45, 7) is 9.05. The van der Waals surface area contributed by atoms with E-state index in [1.54, 1.807) is 0 Å². The number of carbonyl (C=O) groups excluding carboxylic acids is 5. The molecule has 0 fully saturated rings. The maximum Gasteiger partial charge on any atom is 0.407 e. The van der Waals surface area contributed by atoms with Crippen LogP contribution < -0.4 is 31.9 Å². The van der Waals surface area contributed by atoms with Gasteiger partial charge >= 0.3 is 30.1 Å². The molecule has 7 N–H and O–H groups in total. The highest BCUT2D eigenvalue weighted by Gasteiger charge is 2.22. The SMILES string of the molecule is COC(=O)CC(Cc1cc(N(CCCl)CCCl)ccc1C)NC(=O)OCc1ccccc1.COC(=O)CC(Cc1cc(N)ccc1C)NC(=O)OCc1ccccc1.Cc1ccc(N(CCCl)CCCl)cc1CC(N)CC(=O)O.O=CCCl. The largest absolute Gasteiger partial charge is 0.481 e. The molecule has 0 aromatic heterocycles. The van der Waals surface area contributed by atoms with Gasteiger partial charge in [-0.05, 0) is 121 Å². The van der Waals surface area contributed by atoms with E-state index in [4.69, 9.17) is 98.3 Å². The number of aryl methyl sites for hydroxylation is 3. The van der Waals surface area contributed by atoms with Gasteiger partial charge in [-0.25, -0.2) is 9.59 Å². The van der Waals surface area contributed by atoms with Crippen molar-refractivity contribution in [1.29, 1.82) is 0 Å². The number of alkyl carbamates (subject to hydrolysis) is 2. The summed E-state index contributed by atoms with van der Waals surface area (Å²) in [6, 6.07) is 35.2. The number of benzene rings is 5. The molecule has 0 aliphatic rings. The highest BCUT2D eigenvalue weighted by atomic mass is 35.5. The van der Waals surface area contributed by atoms with Gasteiger partial charge in [0.05, 0.1) is 39.4 Å². The number of nitrogens with one attached hydrogen (secondary N) is 2. The lowest BCUT2D eigenvalue weighted by atomic mass is 9.98. The number of carboxylic acid groups (broad SMARTS) is 1. The number of amides is 2. The van der Waals surface area contributed by atoms with E-state index >= 15 is 0 Å². The Morgan fingerprint density at radius 3 is 1.27 bits per heavy atom. The van der Waals surface area contributed by atoms with Crippen LogP contribution in [0.25, 0.3) is 0 Å². The summed E-state index contributed by atoms with van der Waals surface area (Å²) in [4.78, 5) is 72.1. The van der Waals surface area contributed by atoms with Crippen molar-refractivity contribution >= 4 is 111 Å². The van der Waals surface area contributed by atoms with E-state index in [2.05, 4.69) is 32.6 Å². The molecular formula is C61H79Cl5N6O11. The predicted molar refractivity (Wildman–Crippen MR) is 334 cm³/mol. The van der Waals surface area contributed by atoms with E-state index in [0.29, 0.717) is 67.8 Å². The molecule has 22 heteroatoms. The number of nitrogen functional groups attached to an aromatic ring is 1. The van der Waals surface area contributed by atoms with E-state index in [0.717, 1.165) is 69.0 Å². The first kappa shape index (κ1) is 72.6. The third-order valence-electron chi connectivity index (χ3n) is 12.5. The fourth-order valence-corrected chi connectivity index (χ4v) is 8.91. The molecule has 5 aromatic rings. The average molecular weight is 1250 g/mol. The fraction of sp³-hybridized carbons (Fsp3) is 0.410. The molecular weight excluding hydrogens is 1170 g/mol. The van der Waals surface area contributed by atoms with Crippen molar-refractivity contribution in [1.82, 2.24) is 10.6 Å². The summed E-state index contributed by atoms with van der Waals surface area (Å²) in [5.41, 5.74) is 22.4. The first-order valence-electron chi connectivity index (χ1n) is 26.7. The second kappa shape index (κ2) is 42.4. The number of halogens is 5. The number of alkyl halides is 5. The number of ether oxygens (including phenoxy) is 4. The highest BCUT2D eigenvalue weighted by molar-refractivity contribution is 6.24. The van der Waals surface area contributed by atoms with Gasteiger partial charge in [0, 0.05) is 84.9 Å². The number of methoxy groups -OCH3 is 2. The molecule has 5 aromatic carbocycles. The van der Waals surface area contributed by atoms with E-state index < -0.39 is 42.2 Å². The standard InChI is InChI=1S/C24H30Cl2N2O4.C20H24N2O4.C15H22Cl2N2O2.C2H3ClO/c1-18-8-9-22(28(12-10-25)13-11-26)15-20(18)14-21(16-23(29)31-2)27-24(30)32-17-19-6-4-3-5-7-19;1-14-8-9-17(21)10-16(14)11-18(12-19(23)25-2)22-20(24)26-13-15-6-4-3-5-7-15;1-11-2-3-14(19(6-4-16)7-5-17)9-12(11)8-13(18)10-15(20)21;3-1-2-4/h3-9,15,21H,10-14,16-17H2,1-2H3,(H,27,30);3-10,18H,11-13,21H2,1-2H3,(H,22,24);2-3,9,13H,4-8,10,18H2,1H3,(H,20,21);2H,1H2. The van der Waals surface area contributed by atoms with Crippen LogP contribution in [0.3, 0.4) is 0 Å². The summed E-state index contributed by atoms with van der Waals surface area (Å²) < 4.78 is 20.1. The van der Waals surface area contributed by atoms with Gasteiger partial charge in [0.2, 0.25) is 0 Å². The van der Waals surface area contributed by atoms with E-state index in [-0.39, 0.29) is 44.4 Å². The topological polar surface area (TPSA) is 242 Å². The van der Waals surface area contributed by atoms with Crippen molar-refractivity contribution in [3.05, 3.63) is 160 Å². The minimum Gasteiger partial charge on any atom is -0.481 e. The molecule has 454 valence electrons. The molecule has 17 nitrogen and oxygen atoms in total. The van der Waals surface area contributed by atoms with Gasteiger partial charge < -0.3 is 60.7 Å². The molecule has 0 spiro atoms. The molecule has 0 saturated carbocycles. The van der Waals surface area contributed by atoms with Gasteiger partial charge in [-0.15, -0.1) is 58.0 Å². The maximum atomic E-state index is 12.4. The van der Waals surface area contributed by atoms with E-state index in [1.807, 2.05) is 124 Å². The lowest BCUT2D eigenvalue weighted by Crippen LogP contribution is -2.38. The Hall–Kier alpha value is -6.47. The Morgan fingerprint density at radius 1 is 0.554 bits per heavy atom. The highest BCUT2D eigenvalue weighted by Crippen LogP contribution is 2.24. The number of hydrogen-bond donors (Lipinski definition) is 5. The number of nitrogens with two attached hydrogens (primary N) is 2. The van der Waals surface area contributed by atoms with Crippen LogP contribution in [0.1, 0.15) is 63.8 Å². The van der Waals surface area contributed by atoms with Crippen LogP contribution in [0.2, 0.25) is 0 Å². The Morgan fingerprint density at radius 2 is 0.916 bits per heavy atom. The molecule has 3 unspecified atom stereocenters. The van der Waals surface area contributed by atoms with Crippen LogP contribution in [0.5, 0.6) is 0 Å². The Labute approximate surface area is 513 Å². The summed E-state index contributed by atoms with van der Waals surface area (Å²) in [7, 11) is 2.65. The maximum absolute atomic E-state index is 12.4. The second-order valence-corrected chi connectivity index (χ2v) is 20.6. The number of aldehydes is 1. The smallest absolute Gasteiger partial charge is 0.407 e. The molecule has 83 heavy (non-hydrogen) atoms. The van der Waals surface area contributed by atoms with Crippen molar-refractivity contribution < 1.29 is 52.8 Å². The van der Waals surface area contributed by atoms with Crippen LogP contribution in [-0.2, 0) is 70.6 Å². The summed E-state index contributed by atoms with van der Waals surface area (Å²) in [6.07, 6.45) is 0.974. The first-order valence-corrected chi connectivity index (χ1v) is 29.3. The number of carbonyl (C=O) groups is 6. The average Bonchev–Trinajstić information content (AvgIpc) is 3.49. The first-order chi connectivity index (χ1) is 39.8. The molecule has 0 aliphatic heterocycles. The minimum absolute atomic E-state index is 0.0310. The Kier molecular flexibility index (Phi) is 37.1. The van der Waals surface area contributed by atoms with Crippen LogP contribution in [0.15, 0.2) is 115 Å². The third kappa shape index (κ3) is 30.6. The van der Waals surface area contributed by atoms with E-state index in [9.17, 15) is 24.0 Å². The van der Waals surface area contributed by atoms with Crippen LogP contribution >= 0.6 is 58.0 Å². The van der Waals surface area contributed by atoms with Gasteiger partial charge in [0.15, 0.2) is 0 Å². The van der Waals surface area contributed by atoms with Crippen LogP contribution in [0.4, 0.5) is 26.7 Å². The van der Waals surface area contributed by atoms with Crippen LogP contribution in [-0.4, -0.2) is 129 Å². The van der Waals surface area contributed by atoms with Gasteiger partial charge in [0.25, 0.3) is 0 Å². The lowest BCUT2D eigenvalue weighted by Gasteiger charge is -2.25. The quantitative estimate of drug-likeness (QED) is 0.00983. The molecule has 0 saturated heterocycles. The molecule has 0 radical (unpaired) electrons. The number of hydrogen-bond acceptors (Lipinski definition) is 14. The molecule has 0 bridgehead atoms. The number of anilines is 3. The molecule has 5 rings (SSSR count). The van der Waals surface area contributed by atoms with E-state index in [1.165, 1.54) is 14.2 Å². The number of esters is 2. The minimum atomic E-state index is -0.873. The third-order valence-corrected chi connectivity index (χ3v) is 13.3. The van der Waals surface area contributed by atoms with Gasteiger partial charge in [-0.1, -0.05) is 78.9 Å². The summed E-state index contributed by atoms with van der Waals surface area (Å²) in [5, 5.41) is 14.4. The monoisotopic (exact) mass is 1250 g/mol. The molecule has 2 amide bonds. The van der Waals surface area contributed by atoms with Crippen molar-refractivity contribution in [2.24, 2.45) is 5.73 Å². The zero-order valence-electron chi connectivity index (χ0n) is 47.8. The van der Waals surface area contributed by atoms with Gasteiger partial charge in [-0.2, -0.15) is 0 Å². The Balaban J connectivity index is 0.000000419. The second-order valence-electron chi connectivity index (χ2n) is 18.8. The fourth-order valence-electron chi connectivity index (χ4n) is 8.10. The normalized spacial score (nSPS) is 11.4. The van der Waals surface area contributed by atoms with Crippen LogP contribution in [0, 0.1) is 20.8 Å². The number of rotatable bonds is 29. The molecule has 3 atom stereocenters. The zero-order chi connectivity index (χ0) is 61.5. The van der Waals surface area contributed by atoms with Crippen molar-refractivity contribution in [3.63, 3.8) is 0 Å². The summed E-state index contributed by atoms with van der Waals surface area (Å²) in [5.74, 6) is 0.456. The Bertz CT molecular complexity index is 2700. The number of aliphatic carboxylic acids is 1. The van der Waals surface area contributed by atoms with Gasteiger partial charge in [0.1, 0.15) is 19.5 Å². The number of carboxylic acids is 1. The van der Waals surface area contributed by atoms with Crippen molar-refractivity contribution in [2.45, 2.75) is 90.6 Å².